The Labute approximate surface area is 112 Å². The Morgan fingerprint density at radius 3 is 2.63 bits per heavy atom. The van der Waals surface area contributed by atoms with E-state index in [0.717, 1.165) is 49.3 Å². The van der Waals surface area contributed by atoms with Crippen molar-refractivity contribution in [2.75, 3.05) is 13.1 Å². The number of carbonyl (C=O) groups excluding carboxylic acids is 1. The molecular formula is C14H21N3O2. The summed E-state index contributed by atoms with van der Waals surface area (Å²) in [4.78, 5) is 28.4. The molecule has 0 bridgehead atoms. The van der Waals surface area contributed by atoms with E-state index in [1.54, 1.807) is 6.20 Å². The van der Waals surface area contributed by atoms with E-state index in [4.69, 9.17) is 5.73 Å². The normalized spacial score (nSPS) is 17.6. The summed E-state index contributed by atoms with van der Waals surface area (Å²) < 4.78 is 0. The van der Waals surface area contributed by atoms with Gasteiger partial charge in [0.15, 0.2) is 5.43 Å². The maximum Gasteiger partial charge on any atom is 0.220 e. The number of aromatic nitrogens is 1. The van der Waals surface area contributed by atoms with Crippen molar-refractivity contribution < 1.29 is 4.79 Å². The summed E-state index contributed by atoms with van der Waals surface area (Å²) in [5.41, 5.74) is 7.93. The lowest BCUT2D eigenvalue weighted by Crippen LogP contribution is -2.38. The molecule has 19 heavy (non-hydrogen) atoms. The minimum atomic E-state index is -0.195. The molecule has 3 N–H and O–H groups in total. The number of aryl methyl sites for hydroxylation is 1. The molecule has 104 valence electrons. The molecule has 0 spiro atoms. The lowest BCUT2D eigenvalue weighted by Gasteiger charge is -2.30. The predicted molar refractivity (Wildman–Crippen MR) is 73.7 cm³/mol. The Hall–Kier alpha value is -1.62. The summed E-state index contributed by atoms with van der Waals surface area (Å²) in [6, 6.07) is 0. The van der Waals surface area contributed by atoms with E-state index in [2.05, 4.69) is 9.88 Å². The van der Waals surface area contributed by atoms with Crippen LogP contribution in [0.15, 0.2) is 11.0 Å². The van der Waals surface area contributed by atoms with Gasteiger partial charge in [0.05, 0.1) is 0 Å². The molecule has 5 nitrogen and oxygen atoms in total. The number of rotatable bonds is 3. The average Bonchev–Trinajstić information content (AvgIpc) is 2.40. The van der Waals surface area contributed by atoms with Crippen LogP contribution >= 0.6 is 0 Å². The van der Waals surface area contributed by atoms with Crippen molar-refractivity contribution in [3.63, 3.8) is 0 Å². The topological polar surface area (TPSA) is 79.2 Å². The second-order valence-corrected chi connectivity index (χ2v) is 5.36. The minimum Gasteiger partial charge on any atom is -0.369 e. The summed E-state index contributed by atoms with van der Waals surface area (Å²) in [6.07, 6.45) is 3.38. The fourth-order valence-corrected chi connectivity index (χ4v) is 2.57. The van der Waals surface area contributed by atoms with Gasteiger partial charge in [0.2, 0.25) is 5.91 Å². The van der Waals surface area contributed by atoms with Gasteiger partial charge in [0, 0.05) is 35.5 Å². The summed E-state index contributed by atoms with van der Waals surface area (Å²) >= 11 is 0. The number of nitrogens with one attached hydrogen (secondary N) is 1. The highest BCUT2D eigenvalue weighted by molar-refractivity contribution is 5.76. The van der Waals surface area contributed by atoms with E-state index in [-0.39, 0.29) is 17.3 Å². The predicted octanol–water partition coefficient (Wildman–Crippen LogP) is 0.689. The van der Waals surface area contributed by atoms with Gasteiger partial charge in [-0.2, -0.15) is 0 Å². The van der Waals surface area contributed by atoms with Gasteiger partial charge in [0.25, 0.3) is 0 Å². The first-order chi connectivity index (χ1) is 8.99. The van der Waals surface area contributed by atoms with E-state index >= 15 is 0 Å². The number of carbonyl (C=O) groups is 1. The molecule has 1 aliphatic rings. The number of piperidine rings is 1. The minimum absolute atomic E-state index is 0.00872. The number of primary amides is 1. The third kappa shape index (κ3) is 3.04. The van der Waals surface area contributed by atoms with Gasteiger partial charge in [-0.15, -0.1) is 0 Å². The van der Waals surface area contributed by atoms with Crippen LogP contribution in [0.4, 0.5) is 0 Å². The zero-order valence-electron chi connectivity index (χ0n) is 11.5. The monoisotopic (exact) mass is 263 g/mol. The molecule has 0 saturated carbocycles. The fourth-order valence-electron chi connectivity index (χ4n) is 2.57. The van der Waals surface area contributed by atoms with Gasteiger partial charge in [-0.3, -0.25) is 14.5 Å². The van der Waals surface area contributed by atoms with Crippen LogP contribution in [0.25, 0.3) is 0 Å². The van der Waals surface area contributed by atoms with Crippen LogP contribution in [-0.4, -0.2) is 28.9 Å². The Balaban J connectivity index is 2.02. The highest BCUT2D eigenvalue weighted by atomic mass is 16.1. The number of likely N-dealkylation sites (tertiary alicyclic amines) is 1. The zero-order chi connectivity index (χ0) is 14.0. The summed E-state index contributed by atoms with van der Waals surface area (Å²) in [5, 5.41) is 0. The standard InChI is InChI=1S/C14H21N3O2/c1-9-7-16-12(10(2)13(9)18)8-17-5-3-11(4-6-17)14(15)19/h7,11H,3-6,8H2,1-2H3,(H2,15,19)(H,16,18). The highest BCUT2D eigenvalue weighted by Gasteiger charge is 2.23. The van der Waals surface area contributed by atoms with Crippen LogP contribution in [0.5, 0.6) is 0 Å². The van der Waals surface area contributed by atoms with Crippen molar-refractivity contribution in [1.29, 1.82) is 0 Å². The Morgan fingerprint density at radius 1 is 1.42 bits per heavy atom. The zero-order valence-corrected chi connectivity index (χ0v) is 11.5. The van der Waals surface area contributed by atoms with Crippen LogP contribution in [-0.2, 0) is 11.3 Å². The summed E-state index contributed by atoms with van der Waals surface area (Å²) in [7, 11) is 0. The second kappa shape index (κ2) is 5.57. The quantitative estimate of drug-likeness (QED) is 0.842. The van der Waals surface area contributed by atoms with E-state index < -0.39 is 0 Å². The number of amides is 1. The van der Waals surface area contributed by atoms with E-state index in [1.807, 2.05) is 13.8 Å². The van der Waals surface area contributed by atoms with Gasteiger partial charge < -0.3 is 10.7 Å². The van der Waals surface area contributed by atoms with Crippen molar-refractivity contribution in [1.82, 2.24) is 9.88 Å². The van der Waals surface area contributed by atoms with Crippen LogP contribution in [0, 0.1) is 19.8 Å². The third-order valence-electron chi connectivity index (χ3n) is 3.99. The Kier molecular flexibility index (Phi) is 4.04. The number of nitrogens with two attached hydrogens (primary N) is 1. The molecule has 0 aliphatic carbocycles. The van der Waals surface area contributed by atoms with Crippen LogP contribution < -0.4 is 11.2 Å². The van der Waals surface area contributed by atoms with Gasteiger partial charge in [-0.25, -0.2) is 0 Å². The van der Waals surface area contributed by atoms with Gasteiger partial charge in [0.1, 0.15) is 0 Å². The number of pyridine rings is 1. The van der Waals surface area contributed by atoms with Crippen LogP contribution in [0.2, 0.25) is 0 Å². The van der Waals surface area contributed by atoms with E-state index in [9.17, 15) is 9.59 Å². The SMILES string of the molecule is Cc1c[nH]c(CN2CCC(C(N)=O)CC2)c(C)c1=O. The average molecular weight is 263 g/mol. The molecule has 0 radical (unpaired) electrons. The molecule has 1 fully saturated rings. The number of H-pyrrole nitrogens is 1. The van der Waals surface area contributed by atoms with Crippen LogP contribution in [0.3, 0.4) is 0 Å². The van der Waals surface area contributed by atoms with Crippen molar-refractivity contribution in [3.8, 4) is 0 Å². The smallest absolute Gasteiger partial charge is 0.220 e. The maximum absolute atomic E-state index is 11.9. The Bertz CT molecular complexity index is 528. The number of aromatic amines is 1. The first kappa shape index (κ1) is 13.8. The first-order valence-corrected chi connectivity index (χ1v) is 6.68. The number of nitrogens with zero attached hydrogens (tertiary/aromatic N) is 1. The molecule has 2 heterocycles. The summed E-state index contributed by atoms with van der Waals surface area (Å²) in [5.74, 6) is -0.186. The van der Waals surface area contributed by atoms with Gasteiger partial charge in [-0.1, -0.05) is 0 Å². The number of hydrogen-bond acceptors (Lipinski definition) is 3. The molecule has 0 aromatic carbocycles. The third-order valence-corrected chi connectivity index (χ3v) is 3.99. The molecule has 1 aliphatic heterocycles. The van der Waals surface area contributed by atoms with E-state index in [0.29, 0.717) is 0 Å². The Morgan fingerprint density at radius 2 is 2.05 bits per heavy atom. The van der Waals surface area contributed by atoms with Crippen molar-refractivity contribution in [2.24, 2.45) is 11.7 Å². The van der Waals surface area contributed by atoms with Gasteiger partial charge in [-0.05, 0) is 39.8 Å². The van der Waals surface area contributed by atoms with Crippen LogP contribution in [0.1, 0.15) is 29.7 Å². The molecule has 5 heteroatoms. The number of hydrogen-bond donors (Lipinski definition) is 2. The summed E-state index contributed by atoms with van der Waals surface area (Å²) in [6.45, 7) is 6.10. The molecule has 1 aromatic rings. The van der Waals surface area contributed by atoms with Crippen molar-refractivity contribution >= 4 is 5.91 Å². The molecule has 2 rings (SSSR count). The molecule has 0 unspecified atom stereocenters. The van der Waals surface area contributed by atoms with Crippen molar-refractivity contribution in [2.45, 2.75) is 33.2 Å². The highest BCUT2D eigenvalue weighted by Crippen LogP contribution is 2.18. The maximum atomic E-state index is 11.9. The lowest BCUT2D eigenvalue weighted by atomic mass is 9.96. The molecule has 1 saturated heterocycles. The lowest BCUT2D eigenvalue weighted by molar-refractivity contribution is -0.123. The van der Waals surface area contributed by atoms with Gasteiger partial charge >= 0.3 is 0 Å². The molecule has 1 amide bonds. The molecule has 1 aromatic heterocycles. The van der Waals surface area contributed by atoms with E-state index in [1.165, 1.54) is 0 Å². The first-order valence-electron chi connectivity index (χ1n) is 6.68. The molecule has 0 atom stereocenters. The fraction of sp³-hybridized carbons (Fsp3) is 0.571. The van der Waals surface area contributed by atoms with Crippen molar-refractivity contribution in [3.05, 3.63) is 33.2 Å². The molecular weight excluding hydrogens is 242 g/mol. The largest absolute Gasteiger partial charge is 0.369 e. The second-order valence-electron chi connectivity index (χ2n) is 5.36.